The van der Waals surface area contributed by atoms with Crippen LogP contribution in [0.15, 0.2) is 115 Å². The second-order valence-electron chi connectivity index (χ2n) is 12.6. The van der Waals surface area contributed by atoms with Crippen LogP contribution in [0.1, 0.15) is 97.4 Å². The zero-order valence-electron chi connectivity index (χ0n) is 27.7. The van der Waals surface area contributed by atoms with Crippen molar-refractivity contribution in [2.75, 3.05) is 5.32 Å². The smallest absolute Gasteiger partial charge is 0.256 e. The van der Waals surface area contributed by atoms with Crippen molar-refractivity contribution in [3.63, 3.8) is 0 Å². The molecule has 7 nitrogen and oxygen atoms in total. The van der Waals surface area contributed by atoms with Crippen LogP contribution in [0.3, 0.4) is 0 Å². The van der Waals surface area contributed by atoms with Gasteiger partial charge in [-0.2, -0.15) is 0 Å². The molecule has 0 spiro atoms. The van der Waals surface area contributed by atoms with E-state index in [9.17, 15) is 19.2 Å². The maximum absolute atomic E-state index is 13.3. The summed E-state index contributed by atoms with van der Waals surface area (Å²) in [4.78, 5) is 50.3. The Bertz CT molecular complexity index is 2070. The van der Waals surface area contributed by atoms with Crippen molar-refractivity contribution in [3.05, 3.63) is 160 Å². The van der Waals surface area contributed by atoms with Gasteiger partial charge < -0.3 is 15.4 Å². The second-order valence-corrected chi connectivity index (χ2v) is 12.6. The first-order valence-electron chi connectivity index (χ1n) is 15.8. The summed E-state index contributed by atoms with van der Waals surface area (Å²) in [7, 11) is 0. The van der Waals surface area contributed by atoms with Gasteiger partial charge in [-0.3, -0.25) is 19.2 Å². The molecule has 5 aromatic rings. The Morgan fingerprint density at radius 3 is 2.00 bits per heavy atom. The molecule has 5 aromatic carbocycles. The van der Waals surface area contributed by atoms with Crippen molar-refractivity contribution in [1.29, 1.82) is 0 Å². The lowest BCUT2D eigenvalue weighted by atomic mass is 9.87. The normalized spacial score (nSPS) is 11.3. The Morgan fingerprint density at radius 2 is 1.31 bits per heavy atom. The van der Waals surface area contributed by atoms with E-state index >= 15 is 0 Å². The topological polar surface area (TPSA) is 102 Å². The van der Waals surface area contributed by atoms with E-state index in [-0.39, 0.29) is 27.7 Å². The molecule has 0 bridgehead atoms. The summed E-state index contributed by atoms with van der Waals surface area (Å²) in [6.45, 7) is 8.21. The fourth-order valence-corrected chi connectivity index (χ4v) is 5.12. The lowest BCUT2D eigenvalue weighted by Gasteiger charge is -2.19. The van der Waals surface area contributed by atoms with Crippen LogP contribution in [0.25, 0.3) is 0 Å². The van der Waals surface area contributed by atoms with Gasteiger partial charge in [0.05, 0.1) is 17.2 Å². The molecular formula is C42H36N2O5. The third-order valence-electron chi connectivity index (χ3n) is 7.89. The summed E-state index contributed by atoms with van der Waals surface area (Å²) in [5.41, 5.74) is 4.67. The predicted molar refractivity (Wildman–Crippen MR) is 192 cm³/mol. The van der Waals surface area contributed by atoms with Crippen LogP contribution in [0.4, 0.5) is 5.69 Å². The summed E-state index contributed by atoms with van der Waals surface area (Å²) in [6, 6.07) is 33.4. The molecule has 0 radical (unpaired) electrons. The van der Waals surface area contributed by atoms with Crippen LogP contribution < -0.4 is 15.4 Å². The van der Waals surface area contributed by atoms with E-state index in [2.05, 4.69) is 43.2 Å². The molecule has 0 aliphatic carbocycles. The van der Waals surface area contributed by atoms with Gasteiger partial charge in [-0.1, -0.05) is 75.1 Å². The number of amides is 2. The van der Waals surface area contributed by atoms with Crippen molar-refractivity contribution in [3.8, 4) is 23.3 Å². The number of ether oxygens (including phenoxy) is 1. The highest BCUT2D eigenvalue weighted by atomic mass is 16.5. The number of rotatable bonds is 9. The average molecular weight is 649 g/mol. The number of aldehydes is 2. The van der Waals surface area contributed by atoms with Gasteiger partial charge in [-0.05, 0) is 96.3 Å². The molecule has 0 aromatic heterocycles. The summed E-state index contributed by atoms with van der Waals surface area (Å²) >= 11 is 0. The fraction of sp³-hybridized carbons (Fsp3) is 0.143. The van der Waals surface area contributed by atoms with Gasteiger partial charge in [0.1, 0.15) is 11.5 Å². The van der Waals surface area contributed by atoms with Gasteiger partial charge in [-0.25, -0.2) is 0 Å². The van der Waals surface area contributed by atoms with E-state index in [1.807, 2.05) is 60.7 Å². The van der Waals surface area contributed by atoms with Crippen molar-refractivity contribution in [2.45, 2.75) is 39.2 Å². The standard InChI is InChI=1S/C42H36N2O5/c1-28(43-40(47)39-22-20-37(25-33(39)27-46)49-36-18-16-34(17-19-36)42(2,3)4)31-11-8-12-35(24-31)44-41(48)38-21-15-30(23-32(38)26-45)14-13-29-9-6-5-7-10-29/h5-12,15-28H,1-4H3,(H,43,47)(H,44,48). The summed E-state index contributed by atoms with van der Waals surface area (Å²) in [6.07, 6.45) is 1.26. The van der Waals surface area contributed by atoms with Crippen molar-refractivity contribution in [1.82, 2.24) is 5.32 Å². The Kier molecular flexibility index (Phi) is 10.5. The quantitative estimate of drug-likeness (QED) is 0.123. The van der Waals surface area contributed by atoms with Gasteiger partial charge in [-0.15, -0.1) is 0 Å². The maximum Gasteiger partial charge on any atom is 0.256 e. The summed E-state index contributed by atoms with van der Waals surface area (Å²) in [5.74, 6) is 6.23. The fourth-order valence-electron chi connectivity index (χ4n) is 5.12. The first-order valence-corrected chi connectivity index (χ1v) is 15.8. The van der Waals surface area contributed by atoms with Crippen molar-refractivity contribution in [2.24, 2.45) is 0 Å². The minimum Gasteiger partial charge on any atom is -0.457 e. The minimum atomic E-state index is -0.464. The van der Waals surface area contributed by atoms with E-state index in [0.717, 1.165) is 11.1 Å². The predicted octanol–water partition coefficient (Wildman–Crippen LogP) is 8.54. The average Bonchev–Trinajstić information content (AvgIpc) is 3.10. The number of anilines is 1. The molecule has 7 heteroatoms. The SMILES string of the molecule is CC(NC(=O)c1ccc(Oc2ccc(C(C)(C)C)cc2)cc1C=O)c1cccc(NC(=O)c2ccc(C#Cc3ccccc3)cc2C=O)c1. The van der Waals surface area contributed by atoms with E-state index in [0.29, 0.717) is 35.3 Å². The molecule has 1 atom stereocenters. The van der Waals surface area contributed by atoms with E-state index < -0.39 is 17.9 Å². The summed E-state index contributed by atoms with van der Waals surface area (Å²) in [5, 5.41) is 5.76. The molecular weight excluding hydrogens is 612 g/mol. The Hall–Kier alpha value is -6.26. The molecule has 0 heterocycles. The lowest BCUT2D eigenvalue weighted by Crippen LogP contribution is -2.27. The van der Waals surface area contributed by atoms with Gasteiger partial charge in [0.15, 0.2) is 12.6 Å². The van der Waals surface area contributed by atoms with Crippen LogP contribution >= 0.6 is 0 Å². The molecule has 0 saturated heterocycles. The third-order valence-corrected chi connectivity index (χ3v) is 7.89. The van der Waals surface area contributed by atoms with Gasteiger partial charge >= 0.3 is 0 Å². The molecule has 0 fully saturated rings. The highest BCUT2D eigenvalue weighted by Crippen LogP contribution is 2.28. The van der Waals surface area contributed by atoms with Gasteiger partial charge in [0.2, 0.25) is 0 Å². The van der Waals surface area contributed by atoms with Gasteiger partial charge in [0.25, 0.3) is 11.8 Å². The van der Waals surface area contributed by atoms with E-state index in [1.165, 1.54) is 11.6 Å². The zero-order chi connectivity index (χ0) is 35.0. The third kappa shape index (κ3) is 8.76. The molecule has 0 saturated carbocycles. The molecule has 49 heavy (non-hydrogen) atoms. The zero-order valence-corrected chi connectivity index (χ0v) is 27.7. The minimum absolute atomic E-state index is 0.0120. The molecule has 5 rings (SSSR count). The molecule has 0 aliphatic rings. The molecule has 2 amide bonds. The number of hydrogen-bond donors (Lipinski definition) is 2. The Morgan fingerprint density at radius 1 is 0.673 bits per heavy atom. The number of benzene rings is 5. The van der Waals surface area contributed by atoms with Crippen LogP contribution in [-0.2, 0) is 5.41 Å². The molecule has 244 valence electrons. The molecule has 0 aliphatic heterocycles. The Labute approximate surface area is 286 Å². The highest BCUT2D eigenvalue weighted by molar-refractivity contribution is 6.09. The molecule has 2 N–H and O–H groups in total. The largest absolute Gasteiger partial charge is 0.457 e. The lowest BCUT2D eigenvalue weighted by molar-refractivity contribution is 0.0934. The van der Waals surface area contributed by atoms with Crippen LogP contribution in [0.2, 0.25) is 0 Å². The van der Waals surface area contributed by atoms with Crippen LogP contribution in [-0.4, -0.2) is 24.4 Å². The Balaban J connectivity index is 1.24. The highest BCUT2D eigenvalue weighted by Gasteiger charge is 2.18. The van der Waals surface area contributed by atoms with E-state index in [4.69, 9.17) is 4.74 Å². The van der Waals surface area contributed by atoms with Crippen molar-refractivity contribution >= 4 is 30.1 Å². The first kappa shape index (κ1) is 34.1. The second kappa shape index (κ2) is 15.1. The number of carbonyl (C=O) groups is 4. The summed E-state index contributed by atoms with van der Waals surface area (Å²) < 4.78 is 5.95. The monoisotopic (exact) mass is 648 g/mol. The van der Waals surface area contributed by atoms with Crippen LogP contribution in [0.5, 0.6) is 11.5 Å². The molecule has 1 unspecified atom stereocenters. The van der Waals surface area contributed by atoms with Crippen molar-refractivity contribution < 1.29 is 23.9 Å². The maximum atomic E-state index is 13.3. The van der Waals surface area contributed by atoms with Crippen LogP contribution in [0, 0.1) is 11.8 Å². The number of carbonyl (C=O) groups excluding carboxylic acids is 4. The number of nitrogens with one attached hydrogen (secondary N) is 2. The van der Waals surface area contributed by atoms with E-state index in [1.54, 1.807) is 55.5 Å². The first-order chi connectivity index (χ1) is 23.5. The number of hydrogen-bond acceptors (Lipinski definition) is 5. The van der Waals surface area contributed by atoms with Gasteiger partial charge in [0, 0.05) is 27.9 Å².